The van der Waals surface area contributed by atoms with Crippen molar-refractivity contribution in [3.8, 4) is 0 Å². The summed E-state index contributed by atoms with van der Waals surface area (Å²) in [5.41, 5.74) is 0.00606. The normalized spacial score (nSPS) is 29.4. The van der Waals surface area contributed by atoms with Crippen LogP contribution in [0, 0.1) is 0 Å². The molecule has 0 aromatic heterocycles. The van der Waals surface area contributed by atoms with Gasteiger partial charge in [0.05, 0.1) is 7.11 Å². The molecule has 2 saturated heterocycles. The van der Waals surface area contributed by atoms with Crippen molar-refractivity contribution in [1.82, 2.24) is 4.90 Å². The van der Waals surface area contributed by atoms with E-state index < -0.39 is 17.6 Å². The van der Waals surface area contributed by atoms with Gasteiger partial charge in [0.15, 0.2) is 0 Å². The number of rotatable bonds is 1. The average Bonchev–Trinajstić information content (AvgIpc) is 2.70. The molecule has 0 amide bonds. The van der Waals surface area contributed by atoms with E-state index in [1.54, 1.807) is 4.90 Å². The predicted molar refractivity (Wildman–Crippen MR) is 53.9 cm³/mol. The van der Waals surface area contributed by atoms with E-state index in [0.29, 0.717) is 13.0 Å². The van der Waals surface area contributed by atoms with Crippen LogP contribution in [0.1, 0.15) is 12.8 Å². The molecular formula is C11H13F2NO2. The molecule has 2 aliphatic heterocycles. The number of hydrogen-bond donors (Lipinski definition) is 0. The molecule has 16 heavy (non-hydrogen) atoms. The van der Waals surface area contributed by atoms with Gasteiger partial charge in [-0.15, -0.1) is 0 Å². The lowest BCUT2D eigenvalue weighted by molar-refractivity contribution is -0.151. The second kappa shape index (κ2) is 3.66. The second-order valence-electron chi connectivity index (χ2n) is 4.35. The lowest BCUT2D eigenvalue weighted by Gasteiger charge is -2.27. The molecule has 2 aliphatic rings. The molecule has 2 rings (SSSR count). The SMILES string of the molecule is C=C1CN2CC(=C(F)F)CC2(C(=O)OC)C1. The standard InChI is InChI=1S/C11H13F2NO2/c1-7-3-11(10(15)16-2)4-8(9(12)13)6-14(11)5-7/h1,3-6H2,2H3. The summed E-state index contributed by atoms with van der Waals surface area (Å²) < 4.78 is 29.8. The van der Waals surface area contributed by atoms with Gasteiger partial charge in [-0.3, -0.25) is 9.69 Å². The van der Waals surface area contributed by atoms with Gasteiger partial charge in [-0.05, 0) is 6.42 Å². The maximum absolute atomic E-state index is 12.6. The van der Waals surface area contributed by atoms with Crippen molar-refractivity contribution >= 4 is 5.97 Å². The highest BCUT2D eigenvalue weighted by Gasteiger charge is 2.54. The molecule has 0 saturated carbocycles. The molecular weight excluding hydrogens is 216 g/mol. The van der Waals surface area contributed by atoms with Gasteiger partial charge in [0.2, 0.25) is 0 Å². The molecule has 0 bridgehead atoms. The summed E-state index contributed by atoms with van der Waals surface area (Å²) in [5.74, 6) is -0.442. The Kier molecular flexibility index (Phi) is 2.58. The molecule has 1 atom stereocenters. The van der Waals surface area contributed by atoms with E-state index in [9.17, 15) is 13.6 Å². The highest BCUT2D eigenvalue weighted by atomic mass is 19.3. The fourth-order valence-electron chi connectivity index (χ4n) is 2.61. The molecule has 0 spiro atoms. The summed E-state index contributed by atoms with van der Waals surface area (Å²) in [6.07, 6.45) is -1.21. The average molecular weight is 229 g/mol. The third kappa shape index (κ3) is 1.46. The number of esters is 1. The molecule has 88 valence electrons. The molecule has 0 aromatic rings. The van der Waals surface area contributed by atoms with Gasteiger partial charge in [0.25, 0.3) is 6.08 Å². The smallest absolute Gasteiger partial charge is 0.326 e. The maximum atomic E-state index is 12.6. The molecule has 5 heteroatoms. The van der Waals surface area contributed by atoms with E-state index in [1.807, 2.05) is 0 Å². The Bertz CT molecular complexity index is 387. The second-order valence-corrected chi connectivity index (χ2v) is 4.35. The molecule has 0 aromatic carbocycles. The van der Waals surface area contributed by atoms with Crippen LogP contribution < -0.4 is 0 Å². The van der Waals surface area contributed by atoms with Crippen molar-refractivity contribution in [3.63, 3.8) is 0 Å². The van der Waals surface area contributed by atoms with Crippen LogP contribution in [0.5, 0.6) is 0 Å². The molecule has 3 nitrogen and oxygen atoms in total. The maximum Gasteiger partial charge on any atom is 0.326 e. The van der Waals surface area contributed by atoms with Crippen LogP contribution in [-0.4, -0.2) is 36.6 Å². The zero-order chi connectivity index (χ0) is 11.9. The van der Waals surface area contributed by atoms with Crippen molar-refractivity contribution in [2.75, 3.05) is 20.2 Å². The van der Waals surface area contributed by atoms with E-state index in [-0.39, 0.29) is 18.5 Å². The number of halogens is 2. The first-order valence-electron chi connectivity index (χ1n) is 5.03. The van der Waals surface area contributed by atoms with Gasteiger partial charge < -0.3 is 4.74 Å². The highest BCUT2D eigenvalue weighted by molar-refractivity contribution is 5.83. The predicted octanol–water partition coefficient (Wildman–Crippen LogP) is 1.71. The number of fused-ring (bicyclic) bond motifs is 1. The third-order valence-corrected chi connectivity index (χ3v) is 3.28. The Hall–Kier alpha value is -1.23. The minimum absolute atomic E-state index is 0.0397. The van der Waals surface area contributed by atoms with Crippen LogP contribution in [0.15, 0.2) is 23.8 Å². The lowest BCUT2D eigenvalue weighted by Crippen LogP contribution is -2.46. The first-order valence-corrected chi connectivity index (χ1v) is 5.03. The number of carbonyl (C=O) groups is 1. The molecule has 2 heterocycles. The van der Waals surface area contributed by atoms with Gasteiger partial charge >= 0.3 is 5.97 Å². The van der Waals surface area contributed by atoms with E-state index >= 15 is 0 Å². The molecule has 0 N–H and O–H groups in total. The summed E-state index contributed by atoms with van der Waals surface area (Å²) in [7, 11) is 1.28. The van der Waals surface area contributed by atoms with E-state index in [1.165, 1.54) is 7.11 Å². The molecule has 1 unspecified atom stereocenters. The van der Waals surface area contributed by atoms with Crippen LogP contribution >= 0.6 is 0 Å². The van der Waals surface area contributed by atoms with Gasteiger partial charge in [-0.1, -0.05) is 12.2 Å². The minimum Gasteiger partial charge on any atom is -0.468 e. The first kappa shape index (κ1) is 11.3. The number of nitrogens with zero attached hydrogens (tertiary/aromatic N) is 1. The Morgan fingerprint density at radius 1 is 1.44 bits per heavy atom. The quantitative estimate of drug-likeness (QED) is 0.506. The Morgan fingerprint density at radius 2 is 2.12 bits per heavy atom. The number of carbonyl (C=O) groups excluding carboxylic acids is 1. The fourth-order valence-corrected chi connectivity index (χ4v) is 2.61. The number of hydrogen-bond acceptors (Lipinski definition) is 3. The number of methoxy groups -OCH3 is 1. The molecule has 2 fully saturated rings. The van der Waals surface area contributed by atoms with Crippen LogP contribution in [-0.2, 0) is 9.53 Å². The van der Waals surface area contributed by atoms with Crippen molar-refractivity contribution < 1.29 is 18.3 Å². The Morgan fingerprint density at radius 3 is 2.69 bits per heavy atom. The van der Waals surface area contributed by atoms with Crippen LogP contribution in [0.2, 0.25) is 0 Å². The van der Waals surface area contributed by atoms with E-state index in [4.69, 9.17) is 4.74 Å². The minimum atomic E-state index is -1.68. The largest absolute Gasteiger partial charge is 0.468 e. The third-order valence-electron chi connectivity index (χ3n) is 3.28. The van der Waals surface area contributed by atoms with E-state index in [0.717, 1.165) is 5.57 Å². The van der Waals surface area contributed by atoms with E-state index in [2.05, 4.69) is 6.58 Å². The van der Waals surface area contributed by atoms with Crippen molar-refractivity contribution in [3.05, 3.63) is 23.8 Å². The van der Waals surface area contributed by atoms with Gasteiger partial charge in [0, 0.05) is 25.1 Å². The summed E-state index contributed by atoms with van der Waals surface area (Å²) >= 11 is 0. The summed E-state index contributed by atoms with van der Waals surface area (Å²) in [6.45, 7) is 4.44. The van der Waals surface area contributed by atoms with Crippen LogP contribution in [0.25, 0.3) is 0 Å². The Labute approximate surface area is 92.4 Å². The number of ether oxygens (including phenoxy) is 1. The zero-order valence-corrected chi connectivity index (χ0v) is 9.06. The highest BCUT2D eigenvalue weighted by Crippen LogP contribution is 2.44. The van der Waals surface area contributed by atoms with Crippen LogP contribution in [0.3, 0.4) is 0 Å². The van der Waals surface area contributed by atoms with Gasteiger partial charge in [-0.25, -0.2) is 0 Å². The van der Waals surface area contributed by atoms with Crippen LogP contribution in [0.4, 0.5) is 8.78 Å². The fraction of sp³-hybridized carbons (Fsp3) is 0.545. The summed E-state index contributed by atoms with van der Waals surface area (Å²) in [6, 6.07) is 0. The summed E-state index contributed by atoms with van der Waals surface area (Å²) in [4.78, 5) is 13.5. The van der Waals surface area contributed by atoms with Gasteiger partial charge in [-0.2, -0.15) is 8.78 Å². The van der Waals surface area contributed by atoms with Crippen molar-refractivity contribution in [1.29, 1.82) is 0 Å². The van der Waals surface area contributed by atoms with Crippen molar-refractivity contribution in [2.24, 2.45) is 0 Å². The lowest BCUT2D eigenvalue weighted by atomic mass is 9.91. The molecule has 0 aliphatic carbocycles. The monoisotopic (exact) mass is 229 g/mol. The van der Waals surface area contributed by atoms with Gasteiger partial charge in [0.1, 0.15) is 5.54 Å². The first-order chi connectivity index (χ1) is 7.49. The molecule has 0 radical (unpaired) electrons. The Balaban J connectivity index is 2.36. The van der Waals surface area contributed by atoms with Crippen molar-refractivity contribution in [2.45, 2.75) is 18.4 Å². The zero-order valence-electron chi connectivity index (χ0n) is 9.06. The topological polar surface area (TPSA) is 29.5 Å². The summed E-state index contributed by atoms with van der Waals surface area (Å²) in [5, 5.41) is 0.